The molecule has 1 saturated heterocycles. The molecule has 1 aliphatic heterocycles. The van der Waals surface area contributed by atoms with Gasteiger partial charge < -0.3 is 14.1 Å². The molecule has 22 heavy (non-hydrogen) atoms. The Morgan fingerprint density at radius 3 is 3.09 bits per heavy atom. The molecule has 2 aromatic rings. The standard InChI is InChI=1S/C15H19N3O3S/c1-3-11-8-16-14(22-11)17-15(19)18-6-7-20-9-12(18)13-5-4-10(2)21-13/h4-5,8,12H,3,6-7,9H2,1-2H3,(H,16,17,19)/t12-/m0/s1. The second-order valence-corrected chi connectivity index (χ2v) is 6.26. The fourth-order valence-electron chi connectivity index (χ4n) is 2.41. The number of morpholine rings is 1. The van der Waals surface area contributed by atoms with Crippen molar-refractivity contribution in [3.63, 3.8) is 0 Å². The van der Waals surface area contributed by atoms with Crippen LogP contribution in [0.4, 0.5) is 9.93 Å². The lowest BCUT2D eigenvalue weighted by molar-refractivity contribution is 0.00710. The van der Waals surface area contributed by atoms with Gasteiger partial charge in [0, 0.05) is 17.6 Å². The average Bonchev–Trinajstić information content (AvgIpc) is 3.16. The predicted molar refractivity (Wildman–Crippen MR) is 84.2 cm³/mol. The average molecular weight is 321 g/mol. The highest BCUT2D eigenvalue weighted by Gasteiger charge is 2.31. The third-order valence-corrected chi connectivity index (χ3v) is 4.65. The van der Waals surface area contributed by atoms with Gasteiger partial charge in [-0.15, -0.1) is 11.3 Å². The summed E-state index contributed by atoms with van der Waals surface area (Å²) < 4.78 is 11.2. The maximum absolute atomic E-state index is 12.5. The minimum Gasteiger partial charge on any atom is -0.464 e. The van der Waals surface area contributed by atoms with Gasteiger partial charge in [-0.1, -0.05) is 6.92 Å². The largest absolute Gasteiger partial charge is 0.464 e. The third-order valence-electron chi connectivity index (χ3n) is 3.59. The molecule has 6 nitrogen and oxygen atoms in total. The van der Waals surface area contributed by atoms with Gasteiger partial charge in [-0.2, -0.15) is 0 Å². The Labute approximate surface area is 133 Å². The molecule has 0 aromatic carbocycles. The monoisotopic (exact) mass is 321 g/mol. The van der Waals surface area contributed by atoms with E-state index < -0.39 is 0 Å². The highest BCUT2D eigenvalue weighted by atomic mass is 32.1. The van der Waals surface area contributed by atoms with Crippen molar-refractivity contribution in [2.75, 3.05) is 25.1 Å². The van der Waals surface area contributed by atoms with Crippen molar-refractivity contribution in [2.45, 2.75) is 26.3 Å². The van der Waals surface area contributed by atoms with Crippen LogP contribution in [-0.2, 0) is 11.2 Å². The van der Waals surface area contributed by atoms with E-state index in [1.54, 1.807) is 11.1 Å². The molecule has 1 N–H and O–H groups in total. The maximum atomic E-state index is 12.5. The van der Waals surface area contributed by atoms with Crippen LogP contribution in [0, 0.1) is 6.92 Å². The van der Waals surface area contributed by atoms with E-state index in [0.29, 0.717) is 24.9 Å². The third kappa shape index (κ3) is 3.15. The summed E-state index contributed by atoms with van der Waals surface area (Å²) in [6.45, 7) is 5.46. The highest BCUT2D eigenvalue weighted by Crippen LogP contribution is 2.27. The molecule has 0 radical (unpaired) electrons. The molecular weight excluding hydrogens is 302 g/mol. The number of furan rings is 1. The number of nitrogens with one attached hydrogen (secondary N) is 1. The summed E-state index contributed by atoms with van der Waals surface area (Å²) in [6, 6.07) is 3.43. The number of carbonyl (C=O) groups is 1. The molecule has 0 unspecified atom stereocenters. The van der Waals surface area contributed by atoms with Gasteiger partial charge in [-0.05, 0) is 25.5 Å². The zero-order valence-corrected chi connectivity index (χ0v) is 13.5. The first-order chi connectivity index (χ1) is 10.7. The number of amides is 2. The minimum absolute atomic E-state index is 0.167. The molecule has 0 aliphatic carbocycles. The lowest BCUT2D eigenvalue weighted by Crippen LogP contribution is -2.45. The first-order valence-electron chi connectivity index (χ1n) is 7.33. The van der Waals surface area contributed by atoms with Crippen LogP contribution in [0.25, 0.3) is 0 Å². The van der Waals surface area contributed by atoms with Crippen molar-refractivity contribution in [1.82, 2.24) is 9.88 Å². The van der Waals surface area contributed by atoms with E-state index in [9.17, 15) is 4.79 Å². The Morgan fingerprint density at radius 2 is 2.41 bits per heavy atom. The fourth-order valence-corrected chi connectivity index (χ4v) is 3.15. The highest BCUT2D eigenvalue weighted by molar-refractivity contribution is 7.15. The van der Waals surface area contributed by atoms with Gasteiger partial charge in [-0.3, -0.25) is 5.32 Å². The topological polar surface area (TPSA) is 67.6 Å². The van der Waals surface area contributed by atoms with Gasteiger partial charge in [0.1, 0.15) is 17.6 Å². The molecule has 0 bridgehead atoms. The van der Waals surface area contributed by atoms with Crippen molar-refractivity contribution in [3.8, 4) is 0 Å². The number of hydrogen-bond donors (Lipinski definition) is 1. The number of ether oxygens (including phenoxy) is 1. The SMILES string of the molecule is CCc1cnc(NC(=O)N2CCOC[C@H]2c2ccc(C)o2)s1. The molecule has 0 spiro atoms. The van der Waals surface area contributed by atoms with E-state index >= 15 is 0 Å². The molecule has 1 aliphatic rings. The van der Waals surface area contributed by atoms with Gasteiger partial charge in [0.25, 0.3) is 0 Å². The van der Waals surface area contributed by atoms with E-state index in [0.717, 1.165) is 22.8 Å². The lowest BCUT2D eigenvalue weighted by Gasteiger charge is -2.34. The van der Waals surface area contributed by atoms with E-state index in [1.807, 2.05) is 19.1 Å². The lowest BCUT2D eigenvalue weighted by atomic mass is 10.2. The Morgan fingerprint density at radius 1 is 1.55 bits per heavy atom. The number of carbonyl (C=O) groups excluding carboxylic acids is 1. The van der Waals surface area contributed by atoms with Crippen molar-refractivity contribution in [3.05, 3.63) is 34.7 Å². The Kier molecular flexibility index (Phi) is 4.44. The second-order valence-electron chi connectivity index (χ2n) is 5.15. The summed E-state index contributed by atoms with van der Waals surface area (Å²) in [5.74, 6) is 1.58. The number of anilines is 1. The zero-order chi connectivity index (χ0) is 15.5. The number of aromatic nitrogens is 1. The molecule has 7 heteroatoms. The molecule has 3 rings (SSSR count). The van der Waals surface area contributed by atoms with Gasteiger partial charge >= 0.3 is 6.03 Å². The molecular formula is C15H19N3O3S. The van der Waals surface area contributed by atoms with Crippen LogP contribution in [0.2, 0.25) is 0 Å². The van der Waals surface area contributed by atoms with E-state index in [4.69, 9.17) is 9.15 Å². The van der Waals surface area contributed by atoms with Crippen LogP contribution in [-0.4, -0.2) is 35.7 Å². The van der Waals surface area contributed by atoms with Crippen molar-refractivity contribution < 1.29 is 13.9 Å². The number of thiazole rings is 1. The molecule has 0 saturated carbocycles. The number of aryl methyl sites for hydroxylation is 2. The summed E-state index contributed by atoms with van der Waals surface area (Å²) in [7, 11) is 0. The maximum Gasteiger partial charge on any atom is 0.324 e. The van der Waals surface area contributed by atoms with Crippen molar-refractivity contribution in [1.29, 1.82) is 0 Å². The molecule has 2 amide bonds. The van der Waals surface area contributed by atoms with E-state index in [1.165, 1.54) is 11.3 Å². The molecule has 1 fully saturated rings. The van der Waals surface area contributed by atoms with Crippen LogP contribution in [0.15, 0.2) is 22.7 Å². The van der Waals surface area contributed by atoms with E-state index in [2.05, 4.69) is 17.2 Å². The number of urea groups is 1. The van der Waals surface area contributed by atoms with Crippen molar-refractivity contribution >= 4 is 22.5 Å². The fraction of sp³-hybridized carbons (Fsp3) is 0.467. The van der Waals surface area contributed by atoms with Gasteiger partial charge in [-0.25, -0.2) is 9.78 Å². The van der Waals surface area contributed by atoms with Crippen molar-refractivity contribution in [2.24, 2.45) is 0 Å². The number of nitrogens with zero attached hydrogens (tertiary/aromatic N) is 2. The molecule has 3 heterocycles. The van der Waals surface area contributed by atoms with E-state index in [-0.39, 0.29) is 12.1 Å². The summed E-state index contributed by atoms with van der Waals surface area (Å²) in [4.78, 5) is 19.7. The van der Waals surface area contributed by atoms with Crippen LogP contribution < -0.4 is 5.32 Å². The summed E-state index contributed by atoms with van der Waals surface area (Å²) in [5.41, 5.74) is 0. The Bertz CT molecular complexity index is 652. The van der Waals surface area contributed by atoms with Crippen LogP contribution in [0.1, 0.15) is 29.4 Å². The van der Waals surface area contributed by atoms with Gasteiger partial charge in [0.15, 0.2) is 5.13 Å². The summed E-state index contributed by atoms with van der Waals surface area (Å²) >= 11 is 1.50. The first-order valence-corrected chi connectivity index (χ1v) is 8.15. The normalized spacial score (nSPS) is 18.5. The molecule has 1 atom stereocenters. The smallest absolute Gasteiger partial charge is 0.324 e. The second kappa shape index (κ2) is 6.50. The summed E-state index contributed by atoms with van der Waals surface area (Å²) in [5, 5.41) is 3.50. The van der Waals surface area contributed by atoms with Crippen LogP contribution >= 0.6 is 11.3 Å². The zero-order valence-electron chi connectivity index (χ0n) is 12.7. The summed E-state index contributed by atoms with van der Waals surface area (Å²) in [6.07, 6.45) is 2.71. The Hall–Kier alpha value is -1.86. The van der Waals surface area contributed by atoms with Crippen LogP contribution in [0.3, 0.4) is 0 Å². The van der Waals surface area contributed by atoms with Crippen LogP contribution in [0.5, 0.6) is 0 Å². The molecule has 2 aromatic heterocycles. The molecule has 118 valence electrons. The number of hydrogen-bond acceptors (Lipinski definition) is 5. The quantitative estimate of drug-likeness (QED) is 0.942. The van der Waals surface area contributed by atoms with Gasteiger partial charge in [0.05, 0.1) is 13.2 Å². The Balaban J connectivity index is 1.73. The number of rotatable bonds is 3. The first kappa shape index (κ1) is 15.1. The predicted octanol–water partition coefficient (Wildman–Crippen LogP) is 3.21. The minimum atomic E-state index is -0.201. The van der Waals surface area contributed by atoms with Gasteiger partial charge in [0.2, 0.25) is 0 Å².